The molecule has 10 nitrogen and oxygen atoms in total. The molecule has 8 aromatic rings. The molecular weight excluding hydrogens is 612 g/mol. The van der Waals surface area contributed by atoms with E-state index >= 15 is 0 Å². The Kier molecular flexibility index (Phi) is 5.79. The number of aldehydes is 1. The van der Waals surface area contributed by atoms with Crippen molar-refractivity contribution in [1.82, 2.24) is 39.6 Å². The number of carbonyl (C=O) groups is 1. The fourth-order valence-corrected chi connectivity index (χ4v) is 6.51. The summed E-state index contributed by atoms with van der Waals surface area (Å²) in [5.74, 6) is 2.30. The molecule has 8 bridgehead atoms. The van der Waals surface area contributed by atoms with Gasteiger partial charge in [0.2, 0.25) is 0 Å². The van der Waals surface area contributed by atoms with Crippen molar-refractivity contribution in [2.75, 3.05) is 0 Å². The summed E-state index contributed by atoms with van der Waals surface area (Å²) in [6.07, 6.45) is 0.764. The van der Waals surface area contributed by atoms with Crippen LogP contribution in [0.1, 0.15) is 10.4 Å². The summed E-state index contributed by atoms with van der Waals surface area (Å²) in [6.45, 7) is 0. The molecule has 10 heteroatoms. The van der Waals surface area contributed by atoms with Gasteiger partial charge in [0.15, 0.2) is 46.6 Å². The first-order chi connectivity index (χ1) is 24.2. The van der Waals surface area contributed by atoms with Crippen molar-refractivity contribution in [2.45, 2.75) is 0 Å². The maximum Gasteiger partial charge on any atom is 0.181 e. The topological polar surface area (TPSA) is 124 Å². The monoisotopic (exact) mass is 634 g/mol. The van der Waals surface area contributed by atoms with Crippen LogP contribution in [-0.2, 0) is 0 Å². The van der Waals surface area contributed by atoms with E-state index in [1.807, 2.05) is 103 Å². The summed E-state index contributed by atoms with van der Waals surface area (Å²) in [4.78, 5) is 52.6. The standard InChI is InChI=1S/C39H22N8O2/c48-21-22-11-1-10-20-31(22)49-47-38-29-18-8-9-19-30(29)39(47)46-37-28-17-7-5-15-26(28)35(44-37)42-33-24-13-3-2-12-23(24)32(40-33)41-34-25-14-4-6-16-27(25)36(43-34)45-38/h1-21H,(H,40,41,42,43,44,45,46). The minimum Gasteiger partial charge on any atom is -0.371 e. The zero-order valence-corrected chi connectivity index (χ0v) is 25.6. The Morgan fingerprint density at radius 2 is 0.878 bits per heavy atom. The van der Waals surface area contributed by atoms with Gasteiger partial charge in [-0.25, -0.2) is 29.9 Å². The van der Waals surface area contributed by atoms with Crippen LogP contribution in [0.5, 0.6) is 5.75 Å². The van der Waals surface area contributed by atoms with Crippen molar-refractivity contribution in [3.8, 4) is 51.3 Å². The number of H-pyrrole nitrogens is 1. The fourth-order valence-electron chi connectivity index (χ4n) is 6.51. The van der Waals surface area contributed by atoms with Crippen LogP contribution in [0.15, 0.2) is 121 Å². The molecule has 0 fully saturated rings. The van der Waals surface area contributed by atoms with Gasteiger partial charge < -0.3 is 9.82 Å². The fraction of sp³-hybridized carbons (Fsp3) is 0. The molecule has 2 aliphatic heterocycles. The highest BCUT2D eigenvalue weighted by Gasteiger charge is 2.24. The highest BCUT2D eigenvalue weighted by Crippen LogP contribution is 2.37. The normalized spacial score (nSPS) is 11.8. The lowest BCUT2D eigenvalue weighted by molar-refractivity contribution is 0.111. The molecule has 0 unspecified atom stereocenters. The van der Waals surface area contributed by atoms with Crippen molar-refractivity contribution in [2.24, 2.45) is 0 Å². The maximum atomic E-state index is 12.1. The van der Waals surface area contributed by atoms with E-state index in [0.29, 0.717) is 57.2 Å². The van der Waals surface area contributed by atoms with E-state index in [4.69, 9.17) is 34.7 Å². The van der Waals surface area contributed by atoms with Crippen molar-refractivity contribution in [3.05, 3.63) is 127 Å². The van der Waals surface area contributed by atoms with Crippen LogP contribution < -0.4 is 4.84 Å². The van der Waals surface area contributed by atoms with Crippen LogP contribution in [0.3, 0.4) is 0 Å². The van der Waals surface area contributed by atoms with E-state index in [2.05, 4.69) is 4.98 Å². The number of rotatable bonds is 3. The minimum absolute atomic E-state index is 0.348. The van der Waals surface area contributed by atoms with E-state index in [0.717, 1.165) is 50.1 Å². The Bertz CT molecular complexity index is 2690. The highest BCUT2D eigenvalue weighted by molar-refractivity contribution is 6.06. The van der Waals surface area contributed by atoms with Crippen molar-refractivity contribution < 1.29 is 9.63 Å². The molecule has 230 valence electrons. The molecule has 2 aliphatic rings. The number of hydrogen-bond acceptors (Lipinski definition) is 8. The number of nitrogens with zero attached hydrogens (tertiary/aromatic N) is 7. The minimum atomic E-state index is 0.348. The predicted molar refractivity (Wildman–Crippen MR) is 188 cm³/mol. The molecule has 0 aliphatic carbocycles. The number of para-hydroxylation sites is 1. The molecule has 5 aromatic carbocycles. The molecule has 49 heavy (non-hydrogen) atoms. The number of carbonyl (C=O) groups excluding carboxylic acids is 1. The molecule has 0 radical (unpaired) electrons. The summed E-state index contributed by atoms with van der Waals surface area (Å²) < 4.78 is 1.56. The van der Waals surface area contributed by atoms with Crippen LogP contribution in [0.4, 0.5) is 0 Å². The molecular formula is C39H22N8O2. The Morgan fingerprint density at radius 3 is 1.37 bits per heavy atom. The van der Waals surface area contributed by atoms with Gasteiger partial charge in [-0.2, -0.15) is 0 Å². The van der Waals surface area contributed by atoms with Crippen LogP contribution >= 0.6 is 0 Å². The number of fused-ring (bicyclic) bond motifs is 20. The third-order valence-electron chi connectivity index (χ3n) is 8.80. The third-order valence-corrected chi connectivity index (χ3v) is 8.80. The van der Waals surface area contributed by atoms with Gasteiger partial charge >= 0.3 is 0 Å². The van der Waals surface area contributed by atoms with Crippen molar-refractivity contribution in [3.63, 3.8) is 0 Å². The molecule has 5 heterocycles. The second-order valence-electron chi connectivity index (χ2n) is 11.7. The van der Waals surface area contributed by atoms with E-state index in [-0.39, 0.29) is 0 Å². The lowest BCUT2D eigenvalue weighted by Gasteiger charge is -2.09. The van der Waals surface area contributed by atoms with Gasteiger partial charge in [-0.05, 0) is 12.1 Å². The van der Waals surface area contributed by atoms with E-state index < -0.39 is 0 Å². The molecule has 10 rings (SSSR count). The first-order valence-electron chi connectivity index (χ1n) is 15.7. The Balaban J connectivity index is 1.42. The summed E-state index contributed by atoms with van der Waals surface area (Å²) in [7, 11) is 0. The van der Waals surface area contributed by atoms with Crippen molar-refractivity contribution in [1.29, 1.82) is 0 Å². The summed E-state index contributed by atoms with van der Waals surface area (Å²) in [5.41, 5.74) is 5.86. The van der Waals surface area contributed by atoms with Gasteiger partial charge in [0.05, 0.1) is 5.56 Å². The van der Waals surface area contributed by atoms with Gasteiger partial charge in [-0.1, -0.05) is 109 Å². The smallest absolute Gasteiger partial charge is 0.181 e. The molecule has 1 N–H and O–H groups in total. The first-order valence-corrected chi connectivity index (χ1v) is 15.7. The molecule has 0 saturated heterocycles. The Hall–Kier alpha value is -7.07. The third kappa shape index (κ3) is 4.17. The average molecular weight is 635 g/mol. The molecule has 3 aromatic heterocycles. The quantitative estimate of drug-likeness (QED) is 0.194. The van der Waals surface area contributed by atoms with Crippen LogP contribution in [0.2, 0.25) is 0 Å². The van der Waals surface area contributed by atoms with E-state index in [1.54, 1.807) is 22.9 Å². The van der Waals surface area contributed by atoms with E-state index in [9.17, 15) is 4.79 Å². The molecule has 0 atom stereocenters. The molecule has 0 saturated carbocycles. The van der Waals surface area contributed by atoms with E-state index in [1.165, 1.54) is 0 Å². The second kappa shape index (κ2) is 10.5. The summed E-state index contributed by atoms with van der Waals surface area (Å²) in [6, 6.07) is 38.6. The zero-order valence-electron chi connectivity index (χ0n) is 25.6. The number of benzene rings is 5. The number of nitrogens with one attached hydrogen (secondary N) is 1. The van der Waals surface area contributed by atoms with Crippen LogP contribution in [0.25, 0.3) is 89.7 Å². The van der Waals surface area contributed by atoms with Gasteiger partial charge in [0.1, 0.15) is 11.3 Å². The Morgan fingerprint density at radius 1 is 0.469 bits per heavy atom. The van der Waals surface area contributed by atoms with Gasteiger partial charge in [-0.15, -0.1) is 4.73 Å². The highest BCUT2D eigenvalue weighted by atomic mass is 16.7. The molecule has 0 spiro atoms. The lowest BCUT2D eigenvalue weighted by atomic mass is 10.1. The van der Waals surface area contributed by atoms with Crippen LogP contribution in [0, 0.1) is 0 Å². The Labute approximate surface area is 277 Å². The molecule has 0 amide bonds. The number of aromatic nitrogens is 8. The second-order valence-corrected chi connectivity index (χ2v) is 11.7. The van der Waals surface area contributed by atoms with Gasteiger partial charge in [0.25, 0.3) is 0 Å². The maximum absolute atomic E-state index is 12.1. The SMILES string of the molecule is O=Cc1ccccc1On1c2nc3nc(nc4[nH]c(nc5nc(nc1c1ccccc12)-c1ccccc1-5)c1ccccc41)-c1ccccc1-3. The predicted octanol–water partition coefficient (Wildman–Crippen LogP) is 8.00. The average Bonchev–Trinajstić information content (AvgIpc) is 3.87. The number of aromatic amines is 1. The van der Waals surface area contributed by atoms with Gasteiger partial charge in [-0.3, -0.25) is 4.79 Å². The number of hydrogen-bond donors (Lipinski definition) is 1. The van der Waals surface area contributed by atoms with Crippen LogP contribution in [-0.4, -0.2) is 45.9 Å². The first kappa shape index (κ1) is 27.1. The largest absolute Gasteiger partial charge is 0.371 e. The van der Waals surface area contributed by atoms with Gasteiger partial charge in [0, 0.05) is 43.8 Å². The summed E-state index contributed by atoms with van der Waals surface area (Å²) in [5, 5.41) is 3.37. The lowest BCUT2D eigenvalue weighted by Crippen LogP contribution is -2.08. The van der Waals surface area contributed by atoms with Crippen molar-refractivity contribution >= 4 is 50.4 Å². The summed E-state index contributed by atoms with van der Waals surface area (Å²) >= 11 is 0. The zero-order chi connectivity index (χ0) is 32.5.